The number of allylic oxidation sites excluding steroid dienone is 2. The van der Waals surface area contributed by atoms with Gasteiger partial charge in [-0.3, -0.25) is 4.79 Å². The van der Waals surface area contributed by atoms with Crippen molar-refractivity contribution in [3.05, 3.63) is 12.2 Å². The van der Waals surface area contributed by atoms with E-state index in [0.717, 1.165) is 0 Å². The van der Waals surface area contributed by atoms with Gasteiger partial charge in [-0.1, -0.05) is 12.2 Å². The van der Waals surface area contributed by atoms with Gasteiger partial charge in [-0.05, 0) is 5.92 Å². The van der Waals surface area contributed by atoms with Gasteiger partial charge in [-0.2, -0.15) is 0 Å². The fourth-order valence-corrected chi connectivity index (χ4v) is 3.26. The molecule has 0 aromatic heterocycles. The van der Waals surface area contributed by atoms with E-state index < -0.39 is 35.6 Å². The van der Waals surface area contributed by atoms with Gasteiger partial charge in [0.05, 0.1) is 13.0 Å². The van der Waals surface area contributed by atoms with E-state index in [9.17, 15) is 19.2 Å². The SMILES string of the molecule is COC(=O)C1C(C=O)C2C=CC1C(C=O)C2C=O. The molecule has 0 N–H and O–H groups in total. The maximum Gasteiger partial charge on any atom is 0.310 e. The molecule has 18 heavy (non-hydrogen) atoms. The summed E-state index contributed by atoms with van der Waals surface area (Å²) in [5, 5.41) is 0. The van der Waals surface area contributed by atoms with Crippen molar-refractivity contribution >= 4 is 24.8 Å². The molecular formula is C13H14O5. The molecule has 0 spiro atoms. The molecule has 0 aromatic rings. The molecule has 0 heterocycles. The highest BCUT2D eigenvalue weighted by Gasteiger charge is 2.54. The third-order valence-corrected chi connectivity index (χ3v) is 4.11. The quantitative estimate of drug-likeness (QED) is 0.400. The number of hydrogen-bond acceptors (Lipinski definition) is 5. The molecule has 0 radical (unpaired) electrons. The normalized spacial score (nSPS) is 41.2. The Balaban J connectivity index is 2.43. The van der Waals surface area contributed by atoms with Crippen molar-refractivity contribution < 1.29 is 23.9 Å². The molecule has 5 heteroatoms. The van der Waals surface area contributed by atoms with Crippen LogP contribution in [-0.4, -0.2) is 31.9 Å². The van der Waals surface area contributed by atoms with E-state index in [2.05, 4.69) is 0 Å². The molecule has 1 fully saturated rings. The third-order valence-electron chi connectivity index (χ3n) is 4.11. The summed E-state index contributed by atoms with van der Waals surface area (Å²) >= 11 is 0. The van der Waals surface area contributed by atoms with E-state index in [1.165, 1.54) is 7.11 Å². The molecule has 6 atom stereocenters. The summed E-state index contributed by atoms with van der Waals surface area (Å²) in [6.45, 7) is 0. The summed E-state index contributed by atoms with van der Waals surface area (Å²) in [4.78, 5) is 45.2. The van der Waals surface area contributed by atoms with Gasteiger partial charge in [0.25, 0.3) is 0 Å². The molecule has 0 amide bonds. The molecule has 3 aliphatic rings. The topological polar surface area (TPSA) is 77.5 Å². The second-order valence-corrected chi connectivity index (χ2v) is 4.73. The van der Waals surface area contributed by atoms with Crippen molar-refractivity contribution in [2.75, 3.05) is 7.11 Å². The minimum atomic E-state index is -0.658. The van der Waals surface area contributed by atoms with Crippen LogP contribution < -0.4 is 0 Å². The Morgan fingerprint density at radius 1 is 0.944 bits per heavy atom. The standard InChI is InChI=1S/C13H14O5/c1-18-13(17)12-8-3-2-7(11(12)6-16)9(4-14)10(8)5-15/h2-12H,1H3. The second-order valence-electron chi connectivity index (χ2n) is 4.73. The Morgan fingerprint density at radius 2 is 1.44 bits per heavy atom. The van der Waals surface area contributed by atoms with Crippen molar-refractivity contribution in [2.45, 2.75) is 0 Å². The second kappa shape index (κ2) is 4.84. The number of ether oxygens (including phenoxy) is 1. The number of methoxy groups -OCH3 is 1. The van der Waals surface area contributed by atoms with Crippen molar-refractivity contribution in [1.29, 1.82) is 0 Å². The number of aldehydes is 3. The summed E-state index contributed by atoms with van der Waals surface area (Å²) in [6, 6.07) is 0. The molecule has 2 bridgehead atoms. The summed E-state index contributed by atoms with van der Waals surface area (Å²) in [5.74, 6) is -3.61. The van der Waals surface area contributed by atoms with Gasteiger partial charge in [0.2, 0.25) is 0 Å². The number of fused-ring (bicyclic) bond motifs is 2. The predicted molar refractivity (Wildman–Crippen MR) is 60.3 cm³/mol. The lowest BCUT2D eigenvalue weighted by atomic mass is 9.54. The van der Waals surface area contributed by atoms with E-state index >= 15 is 0 Å². The molecule has 0 aliphatic heterocycles. The van der Waals surface area contributed by atoms with Crippen LogP contribution in [-0.2, 0) is 23.9 Å². The number of carbonyl (C=O) groups excluding carboxylic acids is 4. The molecule has 0 aromatic carbocycles. The highest BCUT2D eigenvalue weighted by molar-refractivity contribution is 5.81. The van der Waals surface area contributed by atoms with Crippen LogP contribution in [0.25, 0.3) is 0 Å². The number of rotatable bonds is 4. The Hall–Kier alpha value is -1.78. The average molecular weight is 250 g/mol. The third kappa shape index (κ3) is 1.62. The van der Waals surface area contributed by atoms with E-state index in [-0.39, 0.29) is 5.92 Å². The van der Waals surface area contributed by atoms with Gasteiger partial charge in [-0.25, -0.2) is 0 Å². The first kappa shape index (κ1) is 12.7. The van der Waals surface area contributed by atoms with E-state index in [1.54, 1.807) is 12.2 Å². The largest absolute Gasteiger partial charge is 0.469 e. The van der Waals surface area contributed by atoms with Crippen LogP contribution >= 0.6 is 0 Å². The fraction of sp³-hybridized carbons (Fsp3) is 0.538. The summed E-state index contributed by atoms with van der Waals surface area (Å²) in [5.41, 5.74) is 0. The van der Waals surface area contributed by atoms with Gasteiger partial charge in [0.15, 0.2) is 0 Å². The van der Waals surface area contributed by atoms with Crippen molar-refractivity contribution in [3.63, 3.8) is 0 Å². The molecule has 96 valence electrons. The number of carbonyl (C=O) groups is 4. The van der Waals surface area contributed by atoms with Crippen LogP contribution in [0.3, 0.4) is 0 Å². The Bertz CT molecular complexity index is 414. The summed E-state index contributed by atoms with van der Waals surface area (Å²) < 4.78 is 4.70. The van der Waals surface area contributed by atoms with Crippen LogP contribution in [0.5, 0.6) is 0 Å². The highest BCUT2D eigenvalue weighted by atomic mass is 16.5. The fourth-order valence-electron chi connectivity index (χ4n) is 3.26. The van der Waals surface area contributed by atoms with Gasteiger partial charge in [-0.15, -0.1) is 0 Å². The zero-order valence-electron chi connectivity index (χ0n) is 9.89. The minimum Gasteiger partial charge on any atom is -0.469 e. The number of esters is 1. The van der Waals surface area contributed by atoms with E-state index in [1.807, 2.05) is 0 Å². The predicted octanol–water partition coefficient (Wildman–Crippen LogP) is 0.0367. The average Bonchev–Trinajstić information content (AvgIpc) is 2.44. The van der Waals surface area contributed by atoms with Gasteiger partial charge < -0.3 is 19.1 Å². The molecule has 3 aliphatic carbocycles. The molecule has 0 saturated heterocycles. The Labute approximate surface area is 104 Å². The van der Waals surface area contributed by atoms with Crippen LogP contribution in [0.2, 0.25) is 0 Å². The summed E-state index contributed by atoms with van der Waals surface area (Å²) in [6.07, 6.45) is 5.63. The van der Waals surface area contributed by atoms with E-state index in [0.29, 0.717) is 18.9 Å². The van der Waals surface area contributed by atoms with Crippen molar-refractivity contribution in [3.8, 4) is 0 Å². The van der Waals surface area contributed by atoms with Gasteiger partial charge in [0.1, 0.15) is 18.9 Å². The van der Waals surface area contributed by atoms with Crippen LogP contribution in [0.4, 0.5) is 0 Å². The van der Waals surface area contributed by atoms with Crippen LogP contribution in [0.15, 0.2) is 12.2 Å². The molecule has 3 rings (SSSR count). The molecule has 5 nitrogen and oxygen atoms in total. The minimum absolute atomic E-state index is 0.385. The zero-order chi connectivity index (χ0) is 13.3. The Morgan fingerprint density at radius 3 is 1.94 bits per heavy atom. The molecule has 6 unspecified atom stereocenters. The lowest BCUT2D eigenvalue weighted by molar-refractivity contribution is -0.158. The van der Waals surface area contributed by atoms with Gasteiger partial charge >= 0.3 is 5.97 Å². The maximum atomic E-state index is 11.8. The van der Waals surface area contributed by atoms with Crippen molar-refractivity contribution in [2.24, 2.45) is 35.5 Å². The summed E-state index contributed by atoms with van der Waals surface area (Å²) in [7, 11) is 1.25. The maximum absolute atomic E-state index is 11.8. The zero-order valence-corrected chi connectivity index (χ0v) is 9.89. The first-order valence-corrected chi connectivity index (χ1v) is 5.81. The van der Waals surface area contributed by atoms with E-state index in [4.69, 9.17) is 4.74 Å². The van der Waals surface area contributed by atoms with Gasteiger partial charge in [0, 0.05) is 23.7 Å². The smallest absolute Gasteiger partial charge is 0.310 e. The number of hydrogen-bond donors (Lipinski definition) is 0. The first-order chi connectivity index (χ1) is 8.69. The van der Waals surface area contributed by atoms with Crippen molar-refractivity contribution in [1.82, 2.24) is 0 Å². The molecular weight excluding hydrogens is 236 g/mol. The monoisotopic (exact) mass is 250 g/mol. The van der Waals surface area contributed by atoms with Crippen LogP contribution in [0.1, 0.15) is 0 Å². The molecule has 1 saturated carbocycles. The van der Waals surface area contributed by atoms with Crippen LogP contribution in [0, 0.1) is 35.5 Å². The Kier molecular flexibility index (Phi) is 3.41. The lowest BCUT2D eigenvalue weighted by Gasteiger charge is -2.47. The lowest BCUT2D eigenvalue weighted by Crippen LogP contribution is -2.52. The highest BCUT2D eigenvalue weighted by Crippen LogP contribution is 2.49. The first-order valence-electron chi connectivity index (χ1n) is 5.81.